The Kier molecular flexibility index (Phi) is 5.92. The van der Waals surface area contributed by atoms with Crippen molar-refractivity contribution in [3.05, 3.63) is 0 Å². The predicted octanol–water partition coefficient (Wildman–Crippen LogP) is 2.33. The van der Waals surface area contributed by atoms with Crippen molar-refractivity contribution in [1.82, 2.24) is 4.90 Å². The third kappa shape index (κ3) is 5.06. The van der Waals surface area contributed by atoms with Crippen LogP contribution in [0.15, 0.2) is 0 Å². The second-order valence-electron chi connectivity index (χ2n) is 7.76. The lowest BCUT2D eigenvalue weighted by atomic mass is 9.84. The highest BCUT2D eigenvalue weighted by Crippen LogP contribution is 2.42. The molecule has 23 heavy (non-hydrogen) atoms. The zero-order chi connectivity index (χ0) is 17.1. The van der Waals surface area contributed by atoms with Gasteiger partial charge in [0.25, 0.3) is 0 Å². The molecule has 0 radical (unpaired) electrons. The fourth-order valence-corrected chi connectivity index (χ4v) is 3.65. The topological polar surface area (TPSA) is 68.2 Å². The first-order chi connectivity index (χ1) is 10.7. The van der Waals surface area contributed by atoms with Crippen LogP contribution in [0.2, 0.25) is 0 Å². The van der Waals surface area contributed by atoms with E-state index in [0.29, 0.717) is 39.1 Å². The number of fused-ring (bicyclic) bond motifs is 2. The lowest BCUT2D eigenvalue weighted by Gasteiger charge is -2.44. The summed E-state index contributed by atoms with van der Waals surface area (Å²) in [5.41, 5.74) is -1.23. The zero-order valence-electron chi connectivity index (χ0n) is 14.8. The van der Waals surface area contributed by atoms with E-state index in [9.17, 15) is 9.90 Å². The summed E-state index contributed by atoms with van der Waals surface area (Å²) in [6, 6.07) is 0.153. The lowest BCUT2D eigenvalue weighted by molar-refractivity contribution is -0.0747. The molecule has 2 rings (SSSR count). The van der Waals surface area contributed by atoms with Crippen molar-refractivity contribution in [3.8, 4) is 0 Å². The highest BCUT2D eigenvalue weighted by Gasteiger charge is 2.50. The number of amides is 1. The van der Waals surface area contributed by atoms with Crippen LogP contribution < -0.4 is 0 Å². The molecule has 2 aliphatic rings. The number of methoxy groups -OCH3 is 1. The molecule has 2 aliphatic heterocycles. The van der Waals surface area contributed by atoms with Gasteiger partial charge in [-0.1, -0.05) is 0 Å². The smallest absolute Gasteiger partial charge is 0.410 e. The summed E-state index contributed by atoms with van der Waals surface area (Å²) in [4.78, 5) is 14.3. The normalized spacial score (nSPS) is 30.6. The van der Waals surface area contributed by atoms with E-state index in [1.807, 2.05) is 25.7 Å². The van der Waals surface area contributed by atoms with Gasteiger partial charge in [0.2, 0.25) is 0 Å². The molecule has 2 unspecified atom stereocenters. The highest BCUT2D eigenvalue weighted by molar-refractivity contribution is 5.69. The summed E-state index contributed by atoms with van der Waals surface area (Å²) in [5, 5.41) is 10.9. The van der Waals surface area contributed by atoms with Gasteiger partial charge in [-0.15, -0.1) is 0 Å². The molecule has 6 nitrogen and oxygen atoms in total. The Hall–Kier alpha value is -0.850. The quantitative estimate of drug-likeness (QED) is 0.758. The van der Waals surface area contributed by atoms with Gasteiger partial charge >= 0.3 is 6.09 Å². The van der Waals surface area contributed by atoms with E-state index in [1.54, 1.807) is 7.11 Å². The van der Waals surface area contributed by atoms with Gasteiger partial charge in [-0.2, -0.15) is 0 Å². The fraction of sp³-hybridized carbons (Fsp3) is 0.941. The molecule has 0 aromatic rings. The average molecular weight is 329 g/mol. The number of piperidine rings is 1. The maximum atomic E-state index is 12.4. The van der Waals surface area contributed by atoms with Crippen LogP contribution in [0.4, 0.5) is 4.79 Å². The number of carbonyl (C=O) groups is 1. The van der Waals surface area contributed by atoms with E-state index in [-0.39, 0.29) is 18.2 Å². The van der Waals surface area contributed by atoms with E-state index in [0.717, 1.165) is 12.8 Å². The second kappa shape index (κ2) is 7.36. The average Bonchev–Trinajstić information content (AvgIpc) is 2.70. The first-order valence-electron chi connectivity index (χ1n) is 8.54. The van der Waals surface area contributed by atoms with Gasteiger partial charge in [0, 0.05) is 25.8 Å². The Labute approximate surface area is 139 Å². The van der Waals surface area contributed by atoms with Gasteiger partial charge in [-0.05, 0) is 52.9 Å². The zero-order valence-corrected chi connectivity index (χ0v) is 14.8. The number of hydrogen-bond acceptors (Lipinski definition) is 5. The number of nitrogens with zero attached hydrogens (tertiary/aromatic N) is 1. The molecule has 2 bridgehead atoms. The minimum Gasteiger partial charge on any atom is -0.444 e. The van der Waals surface area contributed by atoms with Crippen LogP contribution in [-0.4, -0.2) is 66.3 Å². The van der Waals surface area contributed by atoms with Gasteiger partial charge in [0.15, 0.2) is 0 Å². The van der Waals surface area contributed by atoms with Crippen molar-refractivity contribution >= 4 is 6.09 Å². The van der Waals surface area contributed by atoms with Crippen LogP contribution in [0.25, 0.3) is 0 Å². The van der Waals surface area contributed by atoms with Gasteiger partial charge in [-0.3, -0.25) is 0 Å². The molecule has 0 saturated carbocycles. The molecule has 1 amide bonds. The van der Waals surface area contributed by atoms with E-state index in [4.69, 9.17) is 14.2 Å². The molecule has 2 heterocycles. The molecule has 0 spiro atoms. The number of ether oxygens (including phenoxy) is 3. The highest BCUT2D eigenvalue weighted by atomic mass is 16.6. The minimum absolute atomic E-state index is 0.0765. The molecule has 0 aromatic carbocycles. The van der Waals surface area contributed by atoms with Gasteiger partial charge in [0.1, 0.15) is 5.60 Å². The van der Waals surface area contributed by atoms with Crippen molar-refractivity contribution in [2.45, 2.75) is 76.2 Å². The first kappa shape index (κ1) is 18.5. The standard InChI is InChI=1S/C17H31NO5/c1-16(2,3)23-15(19)18-13-5-6-14(18)12-17(20,11-13)7-8-22-10-9-21-4/h13-14,20H,5-12H2,1-4H3. The van der Waals surface area contributed by atoms with Gasteiger partial charge in [0.05, 0.1) is 18.8 Å². The van der Waals surface area contributed by atoms with Crippen molar-refractivity contribution in [3.63, 3.8) is 0 Å². The largest absolute Gasteiger partial charge is 0.444 e. The fourth-order valence-electron chi connectivity index (χ4n) is 3.65. The molecule has 0 aliphatic carbocycles. The van der Waals surface area contributed by atoms with E-state index in [2.05, 4.69) is 0 Å². The van der Waals surface area contributed by atoms with Crippen molar-refractivity contribution in [2.75, 3.05) is 26.9 Å². The Morgan fingerprint density at radius 3 is 2.30 bits per heavy atom. The Morgan fingerprint density at radius 1 is 1.17 bits per heavy atom. The number of rotatable bonds is 6. The van der Waals surface area contributed by atoms with Crippen molar-refractivity contribution < 1.29 is 24.1 Å². The van der Waals surface area contributed by atoms with E-state index >= 15 is 0 Å². The summed E-state index contributed by atoms with van der Waals surface area (Å²) >= 11 is 0. The summed E-state index contributed by atoms with van der Waals surface area (Å²) < 4.78 is 15.9. The summed E-state index contributed by atoms with van der Waals surface area (Å²) in [6.45, 7) is 7.27. The molecule has 2 atom stereocenters. The molecule has 2 saturated heterocycles. The monoisotopic (exact) mass is 329 g/mol. The van der Waals surface area contributed by atoms with Crippen LogP contribution >= 0.6 is 0 Å². The molecular weight excluding hydrogens is 298 g/mol. The van der Waals surface area contributed by atoms with Crippen molar-refractivity contribution in [2.24, 2.45) is 0 Å². The first-order valence-corrected chi connectivity index (χ1v) is 8.54. The maximum absolute atomic E-state index is 12.4. The number of aliphatic hydroxyl groups is 1. The minimum atomic E-state index is -0.739. The third-order valence-electron chi connectivity index (χ3n) is 4.60. The summed E-state index contributed by atoms with van der Waals surface area (Å²) in [6.07, 6.45) is 3.45. The second-order valence-corrected chi connectivity index (χ2v) is 7.76. The van der Waals surface area contributed by atoms with Crippen LogP contribution in [0.5, 0.6) is 0 Å². The van der Waals surface area contributed by atoms with Crippen LogP contribution in [-0.2, 0) is 14.2 Å². The Bertz CT molecular complexity index is 392. The van der Waals surface area contributed by atoms with Crippen LogP contribution in [0.1, 0.15) is 52.9 Å². The maximum Gasteiger partial charge on any atom is 0.410 e. The summed E-state index contributed by atoms with van der Waals surface area (Å²) in [5.74, 6) is 0. The Balaban J connectivity index is 1.87. The molecule has 6 heteroatoms. The van der Waals surface area contributed by atoms with E-state index in [1.165, 1.54) is 0 Å². The van der Waals surface area contributed by atoms with E-state index < -0.39 is 11.2 Å². The van der Waals surface area contributed by atoms with Gasteiger partial charge < -0.3 is 24.2 Å². The van der Waals surface area contributed by atoms with Crippen LogP contribution in [0.3, 0.4) is 0 Å². The van der Waals surface area contributed by atoms with Crippen LogP contribution in [0, 0.1) is 0 Å². The molecule has 134 valence electrons. The molecule has 1 N–H and O–H groups in total. The molecule has 2 fully saturated rings. The number of carbonyl (C=O) groups excluding carboxylic acids is 1. The summed E-state index contributed by atoms with van der Waals surface area (Å²) in [7, 11) is 1.64. The predicted molar refractivity (Wildman–Crippen MR) is 86.4 cm³/mol. The lowest BCUT2D eigenvalue weighted by Crippen LogP contribution is -2.54. The van der Waals surface area contributed by atoms with Crippen molar-refractivity contribution in [1.29, 1.82) is 0 Å². The molecule has 0 aromatic heterocycles. The SMILES string of the molecule is COCCOCCC1(O)CC2CCC(C1)N2C(=O)OC(C)(C)C. The number of hydrogen-bond donors (Lipinski definition) is 1. The third-order valence-corrected chi connectivity index (χ3v) is 4.60. The molecular formula is C17H31NO5. The van der Waals surface area contributed by atoms with Gasteiger partial charge in [-0.25, -0.2) is 4.79 Å². The Morgan fingerprint density at radius 2 is 1.78 bits per heavy atom.